The molecule has 2 aromatic rings. The van der Waals surface area contributed by atoms with E-state index >= 15 is 0 Å². The predicted octanol–water partition coefficient (Wildman–Crippen LogP) is 5.18. The van der Waals surface area contributed by atoms with Gasteiger partial charge in [-0.25, -0.2) is 0 Å². The molecule has 2 nitrogen and oxygen atoms in total. The third-order valence-electron chi connectivity index (χ3n) is 2.88. The molecule has 0 unspecified atom stereocenters. The normalized spacial score (nSPS) is 10.5. The van der Waals surface area contributed by atoms with Crippen LogP contribution in [0.3, 0.4) is 0 Å². The van der Waals surface area contributed by atoms with E-state index < -0.39 is 0 Å². The van der Waals surface area contributed by atoms with Gasteiger partial charge in [0, 0.05) is 10.0 Å². The zero-order chi connectivity index (χ0) is 13.8. The summed E-state index contributed by atoms with van der Waals surface area (Å²) in [5.41, 5.74) is 1.90. The molecule has 0 fully saturated rings. The van der Waals surface area contributed by atoms with Crippen molar-refractivity contribution in [3.8, 4) is 11.5 Å². The molecule has 0 bridgehead atoms. The van der Waals surface area contributed by atoms with Gasteiger partial charge in [-0.3, -0.25) is 4.79 Å². The first-order valence-electron chi connectivity index (χ1n) is 6.12. The number of carbonyl (C=O) groups is 1. The summed E-state index contributed by atoms with van der Waals surface area (Å²) >= 11 is 3.34. The smallest absolute Gasteiger partial charge is 0.151 e. The lowest BCUT2D eigenvalue weighted by Crippen LogP contribution is -1.89. The molecule has 19 heavy (non-hydrogen) atoms. The van der Waals surface area contributed by atoms with E-state index in [9.17, 15) is 4.79 Å². The van der Waals surface area contributed by atoms with Crippen LogP contribution in [0.4, 0.5) is 0 Å². The Morgan fingerprint density at radius 1 is 1.05 bits per heavy atom. The van der Waals surface area contributed by atoms with Gasteiger partial charge in [0.15, 0.2) is 6.29 Å². The predicted molar refractivity (Wildman–Crippen MR) is 80.1 cm³/mol. The van der Waals surface area contributed by atoms with E-state index in [0.717, 1.165) is 16.5 Å². The summed E-state index contributed by atoms with van der Waals surface area (Å²) in [7, 11) is 0. The molecule has 0 aliphatic carbocycles. The van der Waals surface area contributed by atoms with Crippen LogP contribution in [-0.4, -0.2) is 6.29 Å². The molecule has 0 aliphatic rings. The van der Waals surface area contributed by atoms with Gasteiger partial charge in [-0.05, 0) is 57.7 Å². The highest BCUT2D eigenvalue weighted by Gasteiger charge is 2.03. The number of aldehydes is 1. The maximum atomic E-state index is 10.7. The number of hydrogen-bond donors (Lipinski definition) is 0. The lowest BCUT2D eigenvalue weighted by Gasteiger charge is -2.09. The molecular formula is C16H15BrO2. The molecule has 0 radical (unpaired) electrons. The van der Waals surface area contributed by atoms with Gasteiger partial charge in [0.25, 0.3) is 0 Å². The molecule has 0 aromatic heterocycles. The van der Waals surface area contributed by atoms with E-state index in [0.29, 0.717) is 17.2 Å². The molecule has 0 N–H and O–H groups in total. The summed E-state index contributed by atoms with van der Waals surface area (Å²) in [5, 5.41) is 0. The average molecular weight is 319 g/mol. The van der Waals surface area contributed by atoms with Gasteiger partial charge in [0.05, 0.1) is 0 Å². The van der Waals surface area contributed by atoms with E-state index in [1.807, 2.05) is 12.1 Å². The Morgan fingerprint density at radius 2 is 1.68 bits per heavy atom. The van der Waals surface area contributed by atoms with Gasteiger partial charge in [-0.2, -0.15) is 0 Å². The van der Waals surface area contributed by atoms with E-state index in [-0.39, 0.29) is 0 Å². The number of ether oxygens (including phenoxy) is 1. The van der Waals surface area contributed by atoms with Gasteiger partial charge in [0.2, 0.25) is 0 Å². The number of carbonyl (C=O) groups excluding carboxylic acids is 1. The Bertz CT molecular complexity index is 574. The van der Waals surface area contributed by atoms with Crippen molar-refractivity contribution >= 4 is 22.2 Å². The molecule has 0 spiro atoms. The highest BCUT2D eigenvalue weighted by molar-refractivity contribution is 9.10. The maximum absolute atomic E-state index is 10.7. The largest absolute Gasteiger partial charge is 0.457 e. The minimum Gasteiger partial charge on any atom is -0.457 e. The van der Waals surface area contributed by atoms with Crippen molar-refractivity contribution in [2.45, 2.75) is 19.8 Å². The Balaban J connectivity index is 2.16. The van der Waals surface area contributed by atoms with Crippen LogP contribution in [-0.2, 0) is 0 Å². The van der Waals surface area contributed by atoms with Crippen molar-refractivity contribution in [3.63, 3.8) is 0 Å². The van der Waals surface area contributed by atoms with E-state index in [1.54, 1.807) is 18.2 Å². The molecular weight excluding hydrogens is 304 g/mol. The first kappa shape index (κ1) is 13.8. The Morgan fingerprint density at radius 3 is 2.21 bits per heavy atom. The summed E-state index contributed by atoms with van der Waals surface area (Å²) in [6.45, 7) is 4.32. The molecule has 0 saturated heterocycles. The zero-order valence-electron chi connectivity index (χ0n) is 10.9. The Kier molecular flexibility index (Phi) is 4.38. The van der Waals surface area contributed by atoms with Gasteiger partial charge in [-0.15, -0.1) is 0 Å². The average Bonchev–Trinajstić information content (AvgIpc) is 2.39. The fourth-order valence-corrected chi connectivity index (χ4v) is 2.18. The monoisotopic (exact) mass is 318 g/mol. The fourth-order valence-electron chi connectivity index (χ4n) is 1.72. The molecule has 98 valence electrons. The summed E-state index contributed by atoms with van der Waals surface area (Å²) in [6.07, 6.45) is 0.811. The summed E-state index contributed by atoms with van der Waals surface area (Å²) < 4.78 is 6.48. The van der Waals surface area contributed by atoms with Gasteiger partial charge < -0.3 is 4.74 Å². The standard InChI is InChI=1S/C16H15BrO2/c1-11(2)12-3-6-14(7-4-12)19-15-8-5-13(10-18)16(17)9-15/h3-11H,1-2H3. The second-order valence-corrected chi connectivity index (χ2v) is 5.48. The number of rotatable bonds is 4. The van der Waals surface area contributed by atoms with Crippen LogP contribution in [0.25, 0.3) is 0 Å². The third kappa shape index (κ3) is 3.44. The molecule has 0 aliphatic heterocycles. The van der Waals surface area contributed by atoms with Crippen molar-refractivity contribution < 1.29 is 9.53 Å². The van der Waals surface area contributed by atoms with Crippen LogP contribution in [0.1, 0.15) is 35.7 Å². The van der Waals surface area contributed by atoms with Crippen LogP contribution in [0.15, 0.2) is 46.9 Å². The molecule has 0 heterocycles. The number of benzene rings is 2. The first-order valence-corrected chi connectivity index (χ1v) is 6.92. The van der Waals surface area contributed by atoms with Gasteiger partial charge in [0.1, 0.15) is 11.5 Å². The van der Waals surface area contributed by atoms with Gasteiger partial charge >= 0.3 is 0 Å². The van der Waals surface area contributed by atoms with Crippen LogP contribution in [0.2, 0.25) is 0 Å². The zero-order valence-corrected chi connectivity index (χ0v) is 12.5. The number of hydrogen-bond acceptors (Lipinski definition) is 2. The van der Waals surface area contributed by atoms with Crippen LogP contribution < -0.4 is 4.74 Å². The fraction of sp³-hybridized carbons (Fsp3) is 0.188. The van der Waals surface area contributed by atoms with Gasteiger partial charge in [-0.1, -0.05) is 26.0 Å². The topological polar surface area (TPSA) is 26.3 Å². The molecule has 0 saturated carbocycles. The van der Waals surface area contributed by atoms with Crippen LogP contribution in [0.5, 0.6) is 11.5 Å². The van der Waals surface area contributed by atoms with Crippen molar-refractivity contribution in [1.82, 2.24) is 0 Å². The maximum Gasteiger partial charge on any atom is 0.151 e. The molecule has 3 heteroatoms. The SMILES string of the molecule is CC(C)c1ccc(Oc2ccc(C=O)c(Br)c2)cc1. The Labute approximate surface area is 121 Å². The summed E-state index contributed by atoms with van der Waals surface area (Å²) in [6, 6.07) is 13.3. The van der Waals surface area contributed by atoms with Crippen LogP contribution in [0, 0.1) is 0 Å². The molecule has 2 aromatic carbocycles. The lowest BCUT2D eigenvalue weighted by atomic mass is 10.0. The van der Waals surface area contributed by atoms with Crippen molar-refractivity contribution in [2.24, 2.45) is 0 Å². The second kappa shape index (κ2) is 6.02. The third-order valence-corrected chi connectivity index (χ3v) is 3.57. The minimum atomic E-state index is 0.509. The summed E-state index contributed by atoms with van der Waals surface area (Å²) in [4.78, 5) is 10.7. The number of halogens is 1. The first-order chi connectivity index (χ1) is 9.10. The molecule has 0 amide bonds. The minimum absolute atomic E-state index is 0.509. The van der Waals surface area contributed by atoms with E-state index in [4.69, 9.17) is 4.74 Å². The van der Waals surface area contributed by atoms with Crippen LogP contribution >= 0.6 is 15.9 Å². The molecule has 0 atom stereocenters. The van der Waals surface area contributed by atoms with Crippen molar-refractivity contribution in [3.05, 3.63) is 58.1 Å². The van der Waals surface area contributed by atoms with Crippen molar-refractivity contribution in [2.75, 3.05) is 0 Å². The van der Waals surface area contributed by atoms with E-state index in [1.165, 1.54) is 5.56 Å². The highest BCUT2D eigenvalue weighted by Crippen LogP contribution is 2.27. The highest BCUT2D eigenvalue weighted by atomic mass is 79.9. The summed E-state index contributed by atoms with van der Waals surface area (Å²) in [5.74, 6) is 2.00. The molecule has 2 rings (SSSR count). The van der Waals surface area contributed by atoms with Crippen molar-refractivity contribution in [1.29, 1.82) is 0 Å². The van der Waals surface area contributed by atoms with E-state index in [2.05, 4.69) is 41.9 Å². The quantitative estimate of drug-likeness (QED) is 0.726. The second-order valence-electron chi connectivity index (χ2n) is 4.63. The lowest BCUT2D eigenvalue weighted by molar-refractivity contribution is 0.112. The Hall–Kier alpha value is -1.61.